The third-order valence-electron chi connectivity index (χ3n) is 5.28. The second kappa shape index (κ2) is 9.55. The Labute approximate surface area is 182 Å². The lowest BCUT2D eigenvalue weighted by Crippen LogP contribution is -2.47. The molecule has 152 valence electrons. The molecule has 2 aromatic rings. The Balaban J connectivity index is 1.88. The van der Waals surface area contributed by atoms with Crippen molar-refractivity contribution in [3.05, 3.63) is 71.8 Å². The van der Waals surface area contributed by atoms with E-state index in [2.05, 4.69) is 19.2 Å². The number of thioether (sulfide) groups is 1. The van der Waals surface area contributed by atoms with Crippen molar-refractivity contribution in [3.8, 4) is 0 Å². The van der Waals surface area contributed by atoms with E-state index >= 15 is 0 Å². The predicted molar refractivity (Wildman–Crippen MR) is 123 cm³/mol. The number of nitrogens with zero attached hydrogens (tertiary/aromatic N) is 1. The minimum atomic E-state index is -0.456. The Morgan fingerprint density at radius 1 is 1.03 bits per heavy atom. The summed E-state index contributed by atoms with van der Waals surface area (Å²) in [6.07, 6.45) is 0. The Morgan fingerprint density at radius 3 is 2.21 bits per heavy atom. The van der Waals surface area contributed by atoms with E-state index < -0.39 is 12.0 Å². The fourth-order valence-corrected chi connectivity index (χ4v) is 5.15. The number of carbonyl (C=O) groups is 2. The van der Waals surface area contributed by atoms with Gasteiger partial charge in [-0.1, -0.05) is 93.3 Å². The van der Waals surface area contributed by atoms with Crippen molar-refractivity contribution in [1.29, 1.82) is 0 Å². The number of rotatable bonds is 6. The molecule has 0 aromatic heterocycles. The summed E-state index contributed by atoms with van der Waals surface area (Å²) in [6, 6.07) is 18.3. The first kappa shape index (κ1) is 21.5. The molecule has 1 fully saturated rings. The summed E-state index contributed by atoms with van der Waals surface area (Å²) in [5.74, 6) is 0.441. The van der Waals surface area contributed by atoms with Crippen LogP contribution in [0.25, 0.3) is 0 Å². The summed E-state index contributed by atoms with van der Waals surface area (Å²) < 4.78 is 0.627. The first-order valence-corrected chi connectivity index (χ1v) is 11.2. The van der Waals surface area contributed by atoms with Gasteiger partial charge in [-0.3, -0.25) is 14.5 Å². The summed E-state index contributed by atoms with van der Waals surface area (Å²) >= 11 is 7.04. The Morgan fingerprint density at radius 2 is 1.62 bits per heavy atom. The Kier molecular flexibility index (Phi) is 7.09. The lowest BCUT2D eigenvalue weighted by Gasteiger charge is -2.32. The molecular formula is C23H26N2O2S2. The highest BCUT2D eigenvalue weighted by molar-refractivity contribution is 8.23. The highest BCUT2D eigenvalue weighted by Gasteiger charge is 2.40. The molecule has 0 aliphatic carbocycles. The molecule has 0 saturated carbocycles. The lowest BCUT2D eigenvalue weighted by atomic mass is 9.92. The monoisotopic (exact) mass is 426 g/mol. The van der Waals surface area contributed by atoms with Crippen LogP contribution in [0, 0.1) is 11.8 Å². The molecule has 1 aliphatic heterocycles. The number of amides is 2. The van der Waals surface area contributed by atoms with Crippen molar-refractivity contribution in [3.63, 3.8) is 0 Å². The number of benzene rings is 2. The summed E-state index contributed by atoms with van der Waals surface area (Å²) in [7, 11) is 0. The standard InChI is InChI=1S/C23H26N2O2S2/c1-15(2)19-14-29-23(28)25(19)22(27)16(3)20(17-10-6-4-7-11-17)24-21(26)18-12-8-5-9-13-18/h4-13,15-16,19-20H,14H2,1-3H3,(H,24,26)/t16-,19-,20+/m1/s1. The van der Waals surface area contributed by atoms with Crippen LogP contribution in [-0.2, 0) is 4.79 Å². The van der Waals surface area contributed by atoms with E-state index in [0.717, 1.165) is 11.3 Å². The predicted octanol–water partition coefficient (Wildman–Crippen LogP) is 4.68. The minimum absolute atomic E-state index is 0.0408. The average molecular weight is 427 g/mol. The van der Waals surface area contributed by atoms with Gasteiger partial charge in [-0.2, -0.15) is 0 Å². The van der Waals surface area contributed by atoms with E-state index in [-0.39, 0.29) is 17.9 Å². The highest BCUT2D eigenvalue weighted by atomic mass is 32.2. The van der Waals surface area contributed by atoms with Gasteiger partial charge in [0.1, 0.15) is 4.32 Å². The van der Waals surface area contributed by atoms with Crippen LogP contribution in [0.2, 0.25) is 0 Å². The number of hydrogen-bond donors (Lipinski definition) is 1. The first-order chi connectivity index (χ1) is 13.9. The van der Waals surface area contributed by atoms with E-state index in [0.29, 0.717) is 15.8 Å². The number of hydrogen-bond acceptors (Lipinski definition) is 4. The van der Waals surface area contributed by atoms with Crippen LogP contribution >= 0.6 is 24.0 Å². The smallest absolute Gasteiger partial charge is 0.251 e. The fourth-order valence-electron chi connectivity index (χ4n) is 3.51. The molecule has 1 aliphatic rings. The van der Waals surface area contributed by atoms with Crippen LogP contribution in [0.15, 0.2) is 60.7 Å². The molecule has 3 rings (SSSR count). The molecule has 6 heteroatoms. The highest BCUT2D eigenvalue weighted by Crippen LogP contribution is 2.33. The van der Waals surface area contributed by atoms with Gasteiger partial charge >= 0.3 is 0 Å². The van der Waals surface area contributed by atoms with Crippen molar-refractivity contribution in [2.75, 3.05) is 5.75 Å². The van der Waals surface area contributed by atoms with Gasteiger partial charge in [0.25, 0.3) is 5.91 Å². The number of nitrogens with one attached hydrogen (secondary N) is 1. The lowest BCUT2D eigenvalue weighted by molar-refractivity contribution is -0.133. The van der Waals surface area contributed by atoms with Crippen molar-refractivity contribution >= 4 is 40.1 Å². The molecule has 2 aromatic carbocycles. The summed E-state index contributed by atoms with van der Waals surface area (Å²) in [6.45, 7) is 6.08. The molecule has 1 saturated heterocycles. The van der Waals surface area contributed by atoms with E-state index in [9.17, 15) is 9.59 Å². The van der Waals surface area contributed by atoms with Crippen molar-refractivity contribution in [2.24, 2.45) is 11.8 Å². The maximum Gasteiger partial charge on any atom is 0.251 e. The zero-order chi connectivity index (χ0) is 21.0. The maximum absolute atomic E-state index is 13.5. The zero-order valence-corrected chi connectivity index (χ0v) is 18.5. The van der Waals surface area contributed by atoms with Crippen LogP contribution in [0.3, 0.4) is 0 Å². The van der Waals surface area contributed by atoms with Gasteiger partial charge < -0.3 is 5.32 Å². The molecule has 29 heavy (non-hydrogen) atoms. The zero-order valence-electron chi connectivity index (χ0n) is 16.9. The summed E-state index contributed by atoms with van der Waals surface area (Å²) in [5, 5.41) is 3.08. The molecule has 1 heterocycles. The molecule has 0 unspecified atom stereocenters. The van der Waals surface area contributed by atoms with Gasteiger partial charge in [0.15, 0.2) is 0 Å². The third kappa shape index (κ3) is 4.87. The molecule has 0 bridgehead atoms. The largest absolute Gasteiger partial charge is 0.344 e. The van der Waals surface area contributed by atoms with Gasteiger partial charge in [0.05, 0.1) is 12.0 Å². The molecule has 0 radical (unpaired) electrons. The van der Waals surface area contributed by atoms with Crippen molar-refractivity contribution in [2.45, 2.75) is 32.9 Å². The van der Waals surface area contributed by atoms with Crippen molar-refractivity contribution < 1.29 is 9.59 Å². The fraction of sp³-hybridized carbons (Fsp3) is 0.348. The van der Waals surface area contributed by atoms with E-state index in [1.807, 2.05) is 55.5 Å². The second-order valence-electron chi connectivity index (χ2n) is 7.61. The molecule has 0 spiro atoms. The van der Waals surface area contributed by atoms with Gasteiger partial charge in [-0.25, -0.2) is 0 Å². The van der Waals surface area contributed by atoms with Crippen LogP contribution in [0.1, 0.15) is 42.7 Å². The van der Waals surface area contributed by atoms with Gasteiger partial charge in [-0.15, -0.1) is 0 Å². The van der Waals surface area contributed by atoms with Crippen molar-refractivity contribution in [1.82, 2.24) is 10.2 Å². The molecule has 3 atom stereocenters. The van der Waals surface area contributed by atoms with Gasteiger partial charge in [0, 0.05) is 17.4 Å². The second-order valence-corrected chi connectivity index (χ2v) is 9.27. The quantitative estimate of drug-likeness (QED) is 0.682. The van der Waals surface area contributed by atoms with Crippen LogP contribution in [0.4, 0.5) is 0 Å². The van der Waals surface area contributed by atoms with Crippen LogP contribution < -0.4 is 5.32 Å². The van der Waals surface area contributed by atoms with E-state index in [4.69, 9.17) is 12.2 Å². The number of thiocarbonyl (C=S) groups is 1. The van der Waals surface area contributed by atoms with Crippen LogP contribution in [0.5, 0.6) is 0 Å². The van der Waals surface area contributed by atoms with Gasteiger partial charge in [0.2, 0.25) is 5.91 Å². The molecular weight excluding hydrogens is 400 g/mol. The summed E-state index contributed by atoms with van der Waals surface area (Å²) in [4.78, 5) is 28.1. The number of carbonyl (C=O) groups excluding carboxylic acids is 2. The van der Waals surface area contributed by atoms with Gasteiger partial charge in [-0.05, 0) is 23.6 Å². The maximum atomic E-state index is 13.5. The summed E-state index contributed by atoms with van der Waals surface area (Å²) in [5.41, 5.74) is 1.47. The normalized spacial score (nSPS) is 18.6. The molecule has 4 nitrogen and oxygen atoms in total. The van der Waals surface area contributed by atoms with E-state index in [1.165, 1.54) is 0 Å². The average Bonchev–Trinajstić information content (AvgIpc) is 3.13. The topological polar surface area (TPSA) is 49.4 Å². The Hall–Kier alpha value is -2.18. The Bertz CT molecular complexity index is 871. The minimum Gasteiger partial charge on any atom is -0.344 e. The molecule has 1 N–H and O–H groups in total. The van der Waals surface area contributed by atoms with E-state index in [1.54, 1.807) is 28.8 Å². The SMILES string of the molecule is CC(C)[C@H]1CSC(=S)N1C(=O)[C@H](C)[C@H](NC(=O)c1ccccc1)c1ccccc1. The first-order valence-electron chi connectivity index (χ1n) is 9.80. The molecule has 2 amide bonds. The van der Waals surface area contributed by atoms with Crippen LogP contribution in [-0.4, -0.2) is 32.8 Å². The third-order valence-corrected chi connectivity index (χ3v) is 6.79.